The minimum atomic E-state index is -0.467. The van der Waals surface area contributed by atoms with E-state index in [2.05, 4.69) is 16.0 Å². The number of ether oxygens (including phenoxy) is 1. The molecule has 30 heavy (non-hydrogen) atoms. The molecule has 2 amide bonds. The lowest BCUT2D eigenvalue weighted by Crippen LogP contribution is -2.41. The van der Waals surface area contributed by atoms with Gasteiger partial charge in [0.15, 0.2) is 5.69 Å². The van der Waals surface area contributed by atoms with Gasteiger partial charge in [-0.3, -0.25) is 20.4 Å². The number of fused-ring (bicyclic) bond motifs is 1. The van der Waals surface area contributed by atoms with E-state index < -0.39 is 5.91 Å². The lowest BCUT2D eigenvalue weighted by molar-refractivity contribution is 0.0846. The van der Waals surface area contributed by atoms with Crippen LogP contribution in [-0.2, 0) is 12.8 Å². The molecule has 1 aromatic carbocycles. The molecule has 0 saturated carbocycles. The van der Waals surface area contributed by atoms with Crippen LogP contribution in [0.15, 0.2) is 42.6 Å². The van der Waals surface area contributed by atoms with Gasteiger partial charge in [0.1, 0.15) is 5.75 Å². The predicted molar refractivity (Wildman–Crippen MR) is 115 cm³/mol. The highest BCUT2D eigenvalue weighted by Crippen LogP contribution is 2.28. The summed E-state index contributed by atoms with van der Waals surface area (Å²) in [5.41, 5.74) is 7.25. The lowest BCUT2D eigenvalue weighted by Gasteiger charge is -2.07. The van der Waals surface area contributed by atoms with Crippen molar-refractivity contribution in [3.63, 3.8) is 0 Å². The first kappa shape index (κ1) is 20.2. The molecule has 2 N–H and O–H groups in total. The van der Waals surface area contributed by atoms with E-state index in [0.29, 0.717) is 4.88 Å². The van der Waals surface area contributed by atoms with Crippen LogP contribution in [0.4, 0.5) is 0 Å². The van der Waals surface area contributed by atoms with Crippen LogP contribution >= 0.6 is 11.3 Å². The van der Waals surface area contributed by atoms with Gasteiger partial charge in [-0.25, -0.2) is 4.68 Å². The number of carbonyl (C=O) groups is 2. The van der Waals surface area contributed by atoms with Crippen molar-refractivity contribution < 1.29 is 14.3 Å². The number of hydrazine groups is 1. The van der Waals surface area contributed by atoms with Crippen molar-refractivity contribution >= 4 is 23.2 Å². The van der Waals surface area contributed by atoms with Crippen molar-refractivity contribution in [3.8, 4) is 11.4 Å². The molecule has 0 aliphatic heterocycles. The molecule has 156 valence electrons. The highest BCUT2D eigenvalue weighted by atomic mass is 32.1. The lowest BCUT2D eigenvalue weighted by atomic mass is 10.00. The Kier molecular flexibility index (Phi) is 6.13. The number of thiophene rings is 1. The number of amides is 2. The Labute approximate surface area is 179 Å². The molecular formula is C22H24N4O3S. The normalized spacial score (nSPS) is 13.6. The van der Waals surface area contributed by atoms with E-state index in [1.54, 1.807) is 24.1 Å². The van der Waals surface area contributed by atoms with Gasteiger partial charge in [0, 0.05) is 11.1 Å². The SMILES string of the molecule is COc1ccc(-n2ccc(C(=O)NNC(=O)c3cc4c(s3)CCCCCC4)n2)cc1. The Balaban J connectivity index is 1.37. The molecular weight excluding hydrogens is 400 g/mol. The zero-order valence-corrected chi connectivity index (χ0v) is 17.6. The average Bonchev–Trinajstić information content (AvgIpc) is 3.39. The van der Waals surface area contributed by atoms with Crippen molar-refractivity contribution in [3.05, 3.63) is 63.6 Å². The van der Waals surface area contributed by atoms with E-state index in [-0.39, 0.29) is 11.6 Å². The van der Waals surface area contributed by atoms with Gasteiger partial charge in [-0.1, -0.05) is 12.8 Å². The number of nitrogens with zero attached hydrogens (tertiary/aromatic N) is 2. The summed E-state index contributed by atoms with van der Waals surface area (Å²) in [6.45, 7) is 0. The minimum absolute atomic E-state index is 0.213. The fourth-order valence-electron chi connectivity index (χ4n) is 3.52. The van der Waals surface area contributed by atoms with Crippen molar-refractivity contribution in [2.75, 3.05) is 7.11 Å². The molecule has 8 heteroatoms. The summed E-state index contributed by atoms with van der Waals surface area (Å²) in [7, 11) is 1.61. The number of nitrogens with one attached hydrogen (secondary N) is 2. The summed E-state index contributed by atoms with van der Waals surface area (Å²) >= 11 is 1.52. The standard InChI is InChI=1S/C22H24N4O3S/c1-29-17-10-8-16(9-11-17)26-13-12-18(25-26)21(27)23-24-22(28)20-14-15-6-4-2-3-5-7-19(15)30-20/h8-14H,2-7H2,1H3,(H,23,27)(H,24,28). The van der Waals surface area contributed by atoms with Gasteiger partial charge in [-0.05, 0) is 67.6 Å². The number of hydrogen-bond acceptors (Lipinski definition) is 5. The van der Waals surface area contributed by atoms with Crippen LogP contribution in [0, 0.1) is 0 Å². The minimum Gasteiger partial charge on any atom is -0.497 e. The number of hydrogen-bond donors (Lipinski definition) is 2. The van der Waals surface area contributed by atoms with Gasteiger partial charge in [0.05, 0.1) is 17.7 Å². The molecule has 0 spiro atoms. The fraction of sp³-hybridized carbons (Fsp3) is 0.318. The maximum atomic E-state index is 12.5. The van der Waals surface area contributed by atoms with Crippen LogP contribution in [0.25, 0.3) is 5.69 Å². The molecule has 2 aromatic heterocycles. The van der Waals surface area contributed by atoms with E-state index in [1.807, 2.05) is 30.3 Å². The third-order valence-corrected chi connectivity index (χ3v) is 6.40. The zero-order chi connectivity index (χ0) is 20.9. The van der Waals surface area contributed by atoms with E-state index in [1.165, 1.54) is 47.5 Å². The number of aryl methyl sites for hydroxylation is 2. The molecule has 2 heterocycles. The second kappa shape index (κ2) is 9.13. The number of aromatic nitrogens is 2. The maximum absolute atomic E-state index is 12.5. The molecule has 0 saturated heterocycles. The van der Waals surface area contributed by atoms with Crippen LogP contribution < -0.4 is 15.6 Å². The van der Waals surface area contributed by atoms with Crippen LogP contribution in [0.5, 0.6) is 5.75 Å². The van der Waals surface area contributed by atoms with Crippen LogP contribution in [0.2, 0.25) is 0 Å². The number of carbonyl (C=O) groups excluding carboxylic acids is 2. The maximum Gasteiger partial charge on any atom is 0.290 e. The Morgan fingerprint density at radius 3 is 2.50 bits per heavy atom. The first-order chi connectivity index (χ1) is 14.6. The highest BCUT2D eigenvalue weighted by Gasteiger charge is 2.17. The quantitative estimate of drug-likeness (QED) is 0.626. The topological polar surface area (TPSA) is 85.2 Å². The Bertz CT molecular complexity index is 1010. The average molecular weight is 425 g/mol. The van der Waals surface area contributed by atoms with Gasteiger partial charge >= 0.3 is 0 Å². The molecule has 1 aliphatic rings. The van der Waals surface area contributed by atoms with Gasteiger partial charge in [0.25, 0.3) is 11.8 Å². The van der Waals surface area contributed by atoms with Crippen LogP contribution in [0.3, 0.4) is 0 Å². The summed E-state index contributed by atoms with van der Waals surface area (Å²) in [5.74, 6) is -0.0201. The van der Waals surface area contributed by atoms with Gasteiger partial charge in [-0.15, -0.1) is 11.3 Å². The van der Waals surface area contributed by atoms with Crippen LogP contribution in [0.1, 0.15) is 56.3 Å². The molecule has 0 fully saturated rings. The highest BCUT2D eigenvalue weighted by molar-refractivity contribution is 7.14. The molecule has 4 rings (SSSR count). The first-order valence-electron chi connectivity index (χ1n) is 10.1. The molecule has 7 nitrogen and oxygen atoms in total. The number of rotatable bonds is 4. The third-order valence-electron chi connectivity index (χ3n) is 5.17. The summed E-state index contributed by atoms with van der Waals surface area (Å²) in [6.07, 6.45) is 8.57. The third kappa shape index (κ3) is 4.54. The van der Waals surface area contributed by atoms with Crippen LogP contribution in [-0.4, -0.2) is 28.7 Å². The summed E-state index contributed by atoms with van der Waals surface area (Å²) in [6, 6.07) is 10.9. The number of methoxy groups -OCH3 is 1. The van der Waals surface area contributed by atoms with Gasteiger partial charge < -0.3 is 4.74 Å². The summed E-state index contributed by atoms with van der Waals surface area (Å²) in [4.78, 5) is 26.8. The van der Waals surface area contributed by atoms with E-state index in [4.69, 9.17) is 4.74 Å². The fourth-order valence-corrected chi connectivity index (χ4v) is 4.67. The summed E-state index contributed by atoms with van der Waals surface area (Å²) < 4.78 is 6.74. The van der Waals surface area contributed by atoms with Gasteiger partial charge in [-0.2, -0.15) is 5.10 Å². The Morgan fingerprint density at radius 2 is 1.73 bits per heavy atom. The number of benzene rings is 1. The van der Waals surface area contributed by atoms with E-state index in [9.17, 15) is 9.59 Å². The predicted octanol–water partition coefficient (Wildman–Crippen LogP) is 3.68. The second-order valence-corrected chi connectivity index (χ2v) is 8.36. The van der Waals surface area contributed by atoms with Crippen molar-refractivity contribution in [2.45, 2.75) is 38.5 Å². The molecule has 3 aromatic rings. The Hall–Kier alpha value is -3.13. The molecule has 0 radical (unpaired) electrons. The Morgan fingerprint density at radius 1 is 1.00 bits per heavy atom. The van der Waals surface area contributed by atoms with Crippen molar-refractivity contribution in [2.24, 2.45) is 0 Å². The van der Waals surface area contributed by atoms with Gasteiger partial charge in [0.2, 0.25) is 0 Å². The second-order valence-electron chi connectivity index (χ2n) is 7.23. The zero-order valence-electron chi connectivity index (χ0n) is 16.8. The van der Waals surface area contributed by atoms with E-state index in [0.717, 1.165) is 24.3 Å². The monoisotopic (exact) mass is 424 g/mol. The van der Waals surface area contributed by atoms with E-state index >= 15 is 0 Å². The summed E-state index contributed by atoms with van der Waals surface area (Å²) in [5, 5.41) is 4.28. The molecule has 0 atom stereocenters. The molecule has 0 unspecified atom stereocenters. The van der Waals surface area contributed by atoms with Crippen molar-refractivity contribution in [1.29, 1.82) is 0 Å². The largest absolute Gasteiger partial charge is 0.497 e. The smallest absolute Gasteiger partial charge is 0.290 e. The first-order valence-corrected chi connectivity index (χ1v) is 10.9. The van der Waals surface area contributed by atoms with Crippen molar-refractivity contribution in [1.82, 2.24) is 20.6 Å². The molecule has 0 bridgehead atoms. The molecule has 1 aliphatic carbocycles.